The second-order valence-electron chi connectivity index (χ2n) is 5.30. The first-order chi connectivity index (χ1) is 10.6. The fraction of sp³-hybridized carbons (Fsp3) is 0.211. The zero-order chi connectivity index (χ0) is 15.9. The molecule has 0 atom stereocenters. The van der Waals surface area contributed by atoms with Crippen LogP contribution in [0.15, 0.2) is 60.7 Å². The summed E-state index contributed by atoms with van der Waals surface area (Å²) in [4.78, 5) is 36.5. The maximum Gasteiger partial charge on any atom is 0.155 e. The maximum atomic E-state index is 12.3. The van der Waals surface area contributed by atoms with Gasteiger partial charge in [-0.3, -0.25) is 14.4 Å². The molecule has 2 aromatic carbocycles. The second-order valence-corrected chi connectivity index (χ2v) is 5.30. The van der Waals surface area contributed by atoms with Gasteiger partial charge in [0, 0.05) is 12.8 Å². The normalized spacial score (nSPS) is 10.5. The number of carbonyl (C=O) groups excluding carboxylic acids is 3. The van der Waals surface area contributed by atoms with Gasteiger partial charge in [-0.1, -0.05) is 60.7 Å². The molecule has 0 unspecified atom stereocenters. The van der Waals surface area contributed by atoms with Crippen LogP contribution in [0, 0.1) is 5.92 Å². The molecule has 0 aliphatic heterocycles. The van der Waals surface area contributed by atoms with E-state index in [0.717, 1.165) is 11.1 Å². The third kappa shape index (κ3) is 4.22. The standard InChI is InChI=1S/C19H18O3/c1-14(20)19(17(21)12-15-8-4-2-5-9-15)18(22)13-16-10-6-3-7-11-16/h2-11,19H,12-13H2,1H3. The van der Waals surface area contributed by atoms with Crippen molar-refractivity contribution in [1.29, 1.82) is 0 Å². The molecule has 0 amide bonds. The average Bonchev–Trinajstić information content (AvgIpc) is 2.48. The summed E-state index contributed by atoms with van der Waals surface area (Å²) in [6, 6.07) is 18.3. The molecule has 0 bridgehead atoms. The lowest BCUT2D eigenvalue weighted by Gasteiger charge is -2.12. The van der Waals surface area contributed by atoms with Crippen molar-refractivity contribution in [2.45, 2.75) is 19.8 Å². The molecule has 112 valence electrons. The van der Waals surface area contributed by atoms with Crippen LogP contribution in [0.5, 0.6) is 0 Å². The number of carbonyl (C=O) groups is 3. The Bertz CT molecular complexity index is 606. The molecule has 3 heteroatoms. The molecule has 0 radical (unpaired) electrons. The number of ketones is 3. The number of Topliss-reactive ketones (excluding diaryl/α,β-unsaturated/α-hetero) is 3. The molecule has 0 fully saturated rings. The molecule has 0 N–H and O–H groups in total. The highest BCUT2D eigenvalue weighted by molar-refractivity contribution is 6.19. The maximum absolute atomic E-state index is 12.3. The number of hydrogen-bond donors (Lipinski definition) is 0. The minimum absolute atomic E-state index is 0.103. The van der Waals surface area contributed by atoms with Crippen molar-refractivity contribution in [1.82, 2.24) is 0 Å². The summed E-state index contributed by atoms with van der Waals surface area (Å²) < 4.78 is 0. The van der Waals surface area contributed by atoms with Crippen molar-refractivity contribution in [2.24, 2.45) is 5.92 Å². The molecule has 0 aromatic heterocycles. The third-order valence-electron chi connectivity index (χ3n) is 3.49. The van der Waals surface area contributed by atoms with E-state index in [4.69, 9.17) is 0 Å². The fourth-order valence-electron chi connectivity index (χ4n) is 2.43. The number of hydrogen-bond acceptors (Lipinski definition) is 3. The molecule has 0 saturated carbocycles. The Labute approximate surface area is 130 Å². The SMILES string of the molecule is CC(=O)C(C(=O)Cc1ccccc1)C(=O)Cc1ccccc1. The summed E-state index contributed by atoms with van der Waals surface area (Å²) in [6.07, 6.45) is 0.206. The van der Waals surface area contributed by atoms with Gasteiger partial charge in [0.05, 0.1) is 0 Å². The topological polar surface area (TPSA) is 51.2 Å². The fourth-order valence-corrected chi connectivity index (χ4v) is 2.43. The van der Waals surface area contributed by atoms with Gasteiger partial charge in [-0.05, 0) is 18.1 Å². The lowest BCUT2D eigenvalue weighted by Crippen LogP contribution is -2.32. The lowest BCUT2D eigenvalue weighted by atomic mass is 9.88. The van der Waals surface area contributed by atoms with E-state index < -0.39 is 5.92 Å². The Morgan fingerprint density at radius 1 is 0.727 bits per heavy atom. The number of benzene rings is 2. The van der Waals surface area contributed by atoms with E-state index in [1.165, 1.54) is 6.92 Å². The van der Waals surface area contributed by atoms with E-state index in [2.05, 4.69) is 0 Å². The Morgan fingerprint density at radius 3 is 1.41 bits per heavy atom. The summed E-state index contributed by atoms with van der Waals surface area (Å²) in [5.41, 5.74) is 1.62. The van der Waals surface area contributed by atoms with E-state index in [-0.39, 0.29) is 30.2 Å². The molecule has 0 saturated heterocycles. The van der Waals surface area contributed by atoms with Crippen LogP contribution in [0.25, 0.3) is 0 Å². The largest absolute Gasteiger partial charge is 0.299 e. The van der Waals surface area contributed by atoms with Gasteiger partial charge in [-0.2, -0.15) is 0 Å². The Hall–Kier alpha value is -2.55. The van der Waals surface area contributed by atoms with Gasteiger partial charge in [0.15, 0.2) is 11.6 Å². The summed E-state index contributed by atoms with van der Waals surface area (Å²) in [7, 11) is 0. The highest BCUT2D eigenvalue weighted by Gasteiger charge is 2.30. The number of rotatable bonds is 7. The van der Waals surface area contributed by atoms with Gasteiger partial charge >= 0.3 is 0 Å². The molecule has 2 rings (SSSR count). The molecule has 2 aromatic rings. The van der Waals surface area contributed by atoms with Gasteiger partial charge in [-0.25, -0.2) is 0 Å². The quantitative estimate of drug-likeness (QED) is 0.738. The van der Waals surface area contributed by atoms with Gasteiger partial charge in [0.25, 0.3) is 0 Å². The van der Waals surface area contributed by atoms with Crippen molar-refractivity contribution in [3.63, 3.8) is 0 Å². The van der Waals surface area contributed by atoms with Crippen LogP contribution in [0.1, 0.15) is 18.1 Å². The molecule has 0 aliphatic carbocycles. The van der Waals surface area contributed by atoms with E-state index in [1.807, 2.05) is 60.7 Å². The minimum Gasteiger partial charge on any atom is -0.299 e. The van der Waals surface area contributed by atoms with Crippen molar-refractivity contribution in [3.8, 4) is 0 Å². The van der Waals surface area contributed by atoms with Crippen LogP contribution in [0.3, 0.4) is 0 Å². The average molecular weight is 294 g/mol. The van der Waals surface area contributed by atoms with Crippen LogP contribution in [-0.4, -0.2) is 17.3 Å². The van der Waals surface area contributed by atoms with Crippen molar-refractivity contribution >= 4 is 17.3 Å². The summed E-state index contributed by atoms with van der Waals surface area (Å²) >= 11 is 0. The van der Waals surface area contributed by atoms with E-state index in [0.29, 0.717) is 0 Å². The summed E-state index contributed by atoms with van der Waals surface area (Å²) in [5.74, 6) is -2.22. The van der Waals surface area contributed by atoms with Gasteiger partial charge in [-0.15, -0.1) is 0 Å². The highest BCUT2D eigenvalue weighted by atomic mass is 16.2. The predicted octanol–water partition coefficient (Wildman–Crippen LogP) is 2.82. The molecular formula is C19H18O3. The van der Waals surface area contributed by atoms with Crippen LogP contribution >= 0.6 is 0 Å². The van der Waals surface area contributed by atoms with Crippen LogP contribution in [-0.2, 0) is 27.2 Å². The smallest absolute Gasteiger partial charge is 0.155 e. The monoisotopic (exact) mass is 294 g/mol. The zero-order valence-corrected chi connectivity index (χ0v) is 12.5. The van der Waals surface area contributed by atoms with E-state index in [9.17, 15) is 14.4 Å². The van der Waals surface area contributed by atoms with E-state index >= 15 is 0 Å². The first kappa shape index (κ1) is 15.8. The Balaban J connectivity index is 2.10. The van der Waals surface area contributed by atoms with Gasteiger partial charge < -0.3 is 0 Å². The first-order valence-corrected chi connectivity index (χ1v) is 7.21. The first-order valence-electron chi connectivity index (χ1n) is 7.21. The van der Waals surface area contributed by atoms with Crippen molar-refractivity contribution in [3.05, 3.63) is 71.8 Å². The molecule has 3 nitrogen and oxygen atoms in total. The second kappa shape index (κ2) is 7.46. The highest BCUT2D eigenvalue weighted by Crippen LogP contribution is 2.12. The van der Waals surface area contributed by atoms with Crippen LogP contribution in [0.4, 0.5) is 0 Å². The molecule has 0 aliphatic rings. The minimum atomic E-state index is -1.17. The molecule has 22 heavy (non-hydrogen) atoms. The van der Waals surface area contributed by atoms with Crippen molar-refractivity contribution in [2.75, 3.05) is 0 Å². The van der Waals surface area contributed by atoms with Gasteiger partial charge in [0.2, 0.25) is 0 Å². The van der Waals surface area contributed by atoms with E-state index in [1.54, 1.807) is 0 Å². The van der Waals surface area contributed by atoms with Crippen molar-refractivity contribution < 1.29 is 14.4 Å². The predicted molar refractivity (Wildman–Crippen MR) is 84.5 cm³/mol. The summed E-state index contributed by atoms with van der Waals surface area (Å²) in [5, 5.41) is 0. The zero-order valence-electron chi connectivity index (χ0n) is 12.5. The van der Waals surface area contributed by atoms with Crippen LogP contribution in [0.2, 0.25) is 0 Å². The lowest BCUT2D eigenvalue weighted by molar-refractivity contribution is -0.138. The molecular weight excluding hydrogens is 276 g/mol. The Morgan fingerprint density at radius 2 is 1.09 bits per heavy atom. The van der Waals surface area contributed by atoms with Gasteiger partial charge in [0.1, 0.15) is 11.7 Å². The molecule has 0 spiro atoms. The molecule has 0 heterocycles. The summed E-state index contributed by atoms with van der Waals surface area (Å²) in [6.45, 7) is 1.30. The van der Waals surface area contributed by atoms with Crippen LogP contribution < -0.4 is 0 Å². The third-order valence-corrected chi connectivity index (χ3v) is 3.49. The Kier molecular flexibility index (Phi) is 5.37.